The third-order valence-electron chi connectivity index (χ3n) is 3.93. The molecular formula is C22H23N3O4S. The van der Waals surface area contributed by atoms with Gasteiger partial charge in [0.1, 0.15) is 0 Å². The van der Waals surface area contributed by atoms with E-state index < -0.39 is 0 Å². The number of hydrogen-bond donors (Lipinski definition) is 2. The maximum Gasteiger partial charge on any atom is 0.248 e. The van der Waals surface area contributed by atoms with E-state index in [1.54, 1.807) is 18.2 Å². The number of amides is 2. The van der Waals surface area contributed by atoms with Gasteiger partial charge >= 0.3 is 0 Å². The normalized spacial score (nSPS) is 10.9. The zero-order chi connectivity index (χ0) is 21.5. The highest BCUT2D eigenvalue weighted by atomic mass is 32.1. The van der Waals surface area contributed by atoms with Gasteiger partial charge in [-0.1, -0.05) is 17.4 Å². The molecule has 30 heavy (non-hydrogen) atoms. The lowest BCUT2D eigenvalue weighted by molar-refractivity contribution is -0.114. The molecule has 0 unspecified atom stereocenters. The summed E-state index contributed by atoms with van der Waals surface area (Å²) < 4.78 is 12.0. The minimum absolute atomic E-state index is 0.172. The molecule has 0 saturated heterocycles. The first kappa shape index (κ1) is 21.3. The summed E-state index contributed by atoms with van der Waals surface area (Å²) in [5.41, 5.74) is 2.24. The van der Waals surface area contributed by atoms with Gasteiger partial charge in [0.15, 0.2) is 16.6 Å². The second-order valence-electron chi connectivity index (χ2n) is 6.28. The molecule has 3 aromatic rings. The number of nitrogens with zero attached hydrogens (tertiary/aromatic N) is 1. The van der Waals surface area contributed by atoms with Crippen LogP contribution in [0.25, 0.3) is 16.3 Å². The van der Waals surface area contributed by atoms with E-state index in [2.05, 4.69) is 15.6 Å². The van der Waals surface area contributed by atoms with Crippen LogP contribution in [0.1, 0.15) is 26.3 Å². The molecule has 2 amide bonds. The molecule has 0 bridgehead atoms. The molecule has 7 nitrogen and oxygen atoms in total. The molecule has 0 fully saturated rings. The predicted octanol–water partition coefficient (Wildman–Crippen LogP) is 4.70. The number of aromatic nitrogens is 1. The molecular weight excluding hydrogens is 402 g/mol. The Hall–Kier alpha value is -3.39. The highest BCUT2D eigenvalue weighted by Crippen LogP contribution is 2.30. The molecule has 3 rings (SSSR count). The molecule has 0 radical (unpaired) electrons. The molecule has 0 aliphatic carbocycles. The summed E-state index contributed by atoms with van der Waals surface area (Å²) in [5.74, 6) is 0.896. The molecule has 8 heteroatoms. The van der Waals surface area contributed by atoms with Crippen LogP contribution in [0.5, 0.6) is 11.5 Å². The fourth-order valence-electron chi connectivity index (χ4n) is 2.73. The molecule has 0 saturated carbocycles. The fraction of sp³-hybridized carbons (Fsp3) is 0.227. The van der Waals surface area contributed by atoms with Gasteiger partial charge in [-0.15, -0.1) is 0 Å². The zero-order valence-electron chi connectivity index (χ0n) is 17.0. The number of nitrogens with one attached hydrogen (secondary N) is 2. The summed E-state index contributed by atoms with van der Waals surface area (Å²) in [6.07, 6.45) is 3.18. The summed E-state index contributed by atoms with van der Waals surface area (Å²) in [5, 5.41) is 6.03. The average Bonchev–Trinajstić information content (AvgIpc) is 3.09. The highest BCUT2D eigenvalue weighted by Gasteiger charge is 2.08. The number of benzene rings is 2. The lowest BCUT2D eigenvalue weighted by atomic mass is 10.2. The summed E-state index contributed by atoms with van der Waals surface area (Å²) in [4.78, 5) is 27.8. The monoisotopic (exact) mass is 425 g/mol. The molecule has 156 valence electrons. The van der Waals surface area contributed by atoms with Gasteiger partial charge in [-0.05, 0) is 55.8 Å². The van der Waals surface area contributed by atoms with E-state index in [1.165, 1.54) is 24.3 Å². The number of hydrogen-bond acceptors (Lipinski definition) is 6. The first-order valence-electron chi connectivity index (χ1n) is 9.55. The van der Waals surface area contributed by atoms with Crippen molar-refractivity contribution in [3.8, 4) is 11.5 Å². The van der Waals surface area contributed by atoms with Crippen LogP contribution in [0.15, 0.2) is 42.5 Å². The Balaban J connectivity index is 1.69. The summed E-state index contributed by atoms with van der Waals surface area (Å²) in [6, 6.07) is 10.9. The van der Waals surface area contributed by atoms with Crippen LogP contribution in [0, 0.1) is 0 Å². The van der Waals surface area contributed by atoms with E-state index in [0.717, 1.165) is 15.8 Å². The van der Waals surface area contributed by atoms with Gasteiger partial charge in [0.25, 0.3) is 0 Å². The van der Waals surface area contributed by atoms with Crippen LogP contribution < -0.4 is 20.1 Å². The van der Waals surface area contributed by atoms with Gasteiger partial charge in [0.2, 0.25) is 11.8 Å². The number of carbonyl (C=O) groups is 2. The quantitative estimate of drug-likeness (QED) is 0.511. The van der Waals surface area contributed by atoms with Gasteiger partial charge in [-0.3, -0.25) is 9.59 Å². The van der Waals surface area contributed by atoms with Crippen LogP contribution in [-0.2, 0) is 9.59 Å². The van der Waals surface area contributed by atoms with Crippen LogP contribution in [0.4, 0.5) is 10.8 Å². The van der Waals surface area contributed by atoms with Crippen molar-refractivity contribution in [2.24, 2.45) is 0 Å². The Labute approximate surface area is 178 Å². The van der Waals surface area contributed by atoms with Crippen molar-refractivity contribution in [3.63, 3.8) is 0 Å². The van der Waals surface area contributed by atoms with Crippen molar-refractivity contribution in [3.05, 3.63) is 48.0 Å². The topological polar surface area (TPSA) is 89.5 Å². The maximum atomic E-state index is 12.3. The highest BCUT2D eigenvalue weighted by molar-refractivity contribution is 7.22. The molecule has 2 aromatic carbocycles. The van der Waals surface area contributed by atoms with Gasteiger partial charge < -0.3 is 20.1 Å². The number of ether oxygens (including phenoxy) is 2. The Morgan fingerprint density at radius 1 is 1.03 bits per heavy atom. The Kier molecular flexibility index (Phi) is 7.03. The van der Waals surface area contributed by atoms with Crippen LogP contribution in [0.3, 0.4) is 0 Å². The fourth-order valence-corrected chi connectivity index (χ4v) is 3.68. The molecule has 0 spiro atoms. The SMILES string of the molecule is CCOc1ccc(C=CC(=O)Nc2ccc3nc(NC(C)=O)sc3c2)cc1OCC. The van der Waals surface area contributed by atoms with Gasteiger partial charge in [0, 0.05) is 18.7 Å². The number of rotatable bonds is 8. The molecule has 0 aliphatic heterocycles. The summed E-state index contributed by atoms with van der Waals surface area (Å²) in [7, 11) is 0. The number of carbonyl (C=O) groups excluding carboxylic acids is 2. The Bertz CT molecular complexity index is 1090. The Morgan fingerprint density at radius 3 is 2.53 bits per heavy atom. The van der Waals surface area contributed by atoms with Crippen molar-refractivity contribution < 1.29 is 19.1 Å². The largest absolute Gasteiger partial charge is 0.490 e. The number of fused-ring (bicyclic) bond motifs is 1. The van der Waals surface area contributed by atoms with Gasteiger partial charge in [-0.25, -0.2) is 4.98 Å². The predicted molar refractivity (Wildman–Crippen MR) is 120 cm³/mol. The zero-order valence-corrected chi connectivity index (χ0v) is 17.8. The van der Waals surface area contributed by atoms with E-state index in [-0.39, 0.29) is 11.8 Å². The van der Waals surface area contributed by atoms with Gasteiger partial charge in [-0.2, -0.15) is 0 Å². The van der Waals surface area contributed by atoms with Crippen molar-refractivity contribution in [2.75, 3.05) is 23.8 Å². The van der Waals surface area contributed by atoms with E-state index in [1.807, 2.05) is 38.1 Å². The molecule has 1 heterocycles. The van der Waals surface area contributed by atoms with E-state index in [9.17, 15) is 9.59 Å². The average molecular weight is 426 g/mol. The second-order valence-corrected chi connectivity index (χ2v) is 7.31. The minimum Gasteiger partial charge on any atom is -0.490 e. The minimum atomic E-state index is -0.257. The van der Waals surface area contributed by atoms with E-state index in [0.29, 0.717) is 35.5 Å². The van der Waals surface area contributed by atoms with Crippen LogP contribution in [-0.4, -0.2) is 30.0 Å². The van der Waals surface area contributed by atoms with Crippen molar-refractivity contribution in [2.45, 2.75) is 20.8 Å². The maximum absolute atomic E-state index is 12.3. The molecule has 1 aromatic heterocycles. The van der Waals surface area contributed by atoms with Crippen LogP contribution >= 0.6 is 11.3 Å². The summed E-state index contributed by atoms with van der Waals surface area (Å²) >= 11 is 1.35. The lowest BCUT2D eigenvalue weighted by Gasteiger charge is -2.11. The van der Waals surface area contributed by atoms with Crippen molar-refractivity contribution >= 4 is 50.3 Å². The first-order chi connectivity index (χ1) is 14.5. The summed E-state index contributed by atoms with van der Waals surface area (Å²) in [6.45, 7) is 6.33. The molecule has 2 N–H and O–H groups in total. The molecule has 0 aliphatic rings. The Morgan fingerprint density at radius 2 is 1.80 bits per heavy atom. The number of anilines is 2. The van der Waals surface area contributed by atoms with E-state index in [4.69, 9.17) is 9.47 Å². The lowest BCUT2D eigenvalue weighted by Crippen LogP contribution is -2.07. The third kappa shape index (κ3) is 5.57. The standard InChI is InChI=1S/C22H23N3O4S/c1-4-28-18-10-6-15(12-19(18)29-5-2)7-11-21(27)24-16-8-9-17-20(13-16)30-22(25-17)23-14(3)26/h6-13H,4-5H2,1-3H3,(H,24,27)(H,23,25,26). The van der Waals surface area contributed by atoms with Crippen molar-refractivity contribution in [1.29, 1.82) is 0 Å². The van der Waals surface area contributed by atoms with Crippen molar-refractivity contribution in [1.82, 2.24) is 4.98 Å². The first-order valence-corrected chi connectivity index (χ1v) is 10.4. The molecule has 0 atom stereocenters. The smallest absolute Gasteiger partial charge is 0.248 e. The second kappa shape index (κ2) is 9.89. The van der Waals surface area contributed by atoms with E-state index >= 15 is 0 Å². The van der Waals surface area contributed by atoms with Crippen LogP contribution in [0.2, 0.25) is 0 Å². The third-order valence-corrected chi connectivity index (χ3v) is 4.87. The van der Waals surface area contributed by atoms with Gasteiger partial charge in [0.05, 0.1) is 23.4 Å². The number of thiazole rings is 1.